The summed E-state index contributed by atoms with van der Waals surface area (Å²) in [7, 11) is 0. The molecule has 1 amide bonds. The van der Waals surface area contributed by atoms with Gasteiger partial charge in [0, 0.05) is 18.3 Å². The highest BCUT2D eigenvalue weighted by Crippen LogP contribution is 2.33. The molecule has 1 aliphatic carbocycles. The zero-order chi connectivity index (χ0) is 17.5. The number of likely N-dealkylation sites (tertiary alicyclic amines) is 1. The molecule has 5 heteroatoms. The molecule has 0 spiro atoms. The lowest BCUT2D eigenvalue weighted by molar-refractivity contribution is 0.0729. The normalized spacial score (nSPS) is 19.7. The number of nitrogens with zero attached hydrogens (tertiary/aromatic N) is 4. The number of benzene rings is 1. The number of aromatic nitrogens is 3. The van der Waals surface area contributed by atoms with Crippen molar-refractivity contribution < 1.29 is 4.79 Å². The van der Waals surface area contributed by atoms with Crippen LogP contribution in [-0.2, 0) is 12.8 Å². The van der Waals surface area contributed by atoms with Gasteiger partial charge in [-0.15, -0.1) is 10.2 Å². The molecule has 0 radical (unpaired) electrons. The highest BCUT2D eigenvalue weighted by molar-refractivity contribution is 5.95. The van der Waals surface area contributed by atoms with Gasteiger partial charge in [-0.05, 0) is 73.9 Å². The predicted octanol–water partition coefficient (Wildman–Crippen LogP) is 3.59. The molecule has 3 heterocycles. The van der Waals surface area contributed by atoms with E-state index in [0.717, 1.165) is 49.3 Å². The van der Waals surface area contributed by atoms with Crippen LogP contribution in [0.3, 0.4) is 0 Å². The summed E-state index contributed by atoms with van der Waals surface area (Å²) >= 11 is 0. The van der Waals surface area contributed by atoms with Gasteiger partial charge in [0.2, 0.25) is 0 Å². The highest BCUT2D eigenvalue weighted by atomic mass is 16.2. The number of hydrogen-bond acceptors (Lipinski definition) is 3. The number of rotatable bonds is 2. The zero-order valence-electron chi connectivity index (χ0n) is 14.8. The van der Waals surface area contributed by atoms with Gasteiger partial charge in [-0.2, -0.15) is 0 Å². The van der Waals surface area contributed by atoms with E-state index >= 15 is 0 Å². The second-order valence-corrected chi connectivity index (χ2v) is 7.33. The molecule has 132 valence electrons. The fourth-order valence-electron chi connectivity index (χ4n) is 4.40. The van der Waals surface area contributed by atoms with Gasteiger partial charge in [0.1, 0.15) is 0 Å². The average Bonchev–Trinajstić information content (AvgIpc) is 3.33. The van der Waals surface area contributed by atoms with Gasteiger partial charge in [-0.3, -0.25) is 9.20 Å². The summed E-state index contributed by atoms with van der Waals surface area (Å²) in [5, 5.41) is 8.66. The van der Waals surface area contributed by atoms with Gasteiger partial charge in [-0.1, -0.05) is 12.1 Å². The van der Waals surface area contributed by atoms with Crippen molar-refractivity contribution in [2.75, 3.05) is 6.54 Å². The predicted molar refractivity (Wildman–Crippen MR) is 99.1 cm³/mol. The van der Waals surface area contributed by atoms with Crippen molar-refractivity contribution in [1.29, 1.82) is 0 Å². The molecule has 1 atom stereocenters. The topological polar surface area (TPSA) is 50.5 Å². The second kappa shape index (κ2) is 6.24. The van der Waals surface area contributed by atoms with E-state index in [-0.39, 0.29) is 11.9 Å². The van der Waals surface area contributed by atoms with Gasteiger partial charge in [0.05, 0.1) is 6.04 Å². The minimum Gasteiger partial charge on any atom is -0.328 e. The molecule has 1 unspecified atom stereocenters. The third kappa shape index (κ3) is 2.50. The van der Waals surface area contributed by atoms with Crippen LogP contribution in [-0.4, -0.2) is 31.9 Å². The third-order valence-electron chi connectivity index (χ3n) is 5.75. The average molecular weight is 346 g/mol. The molecule has 26 heavy (non-hydrogen) atoms. The molecule has 2 aliphatic rings. The van der Waals surface area contributed by atoms with Crippen LogP contribution in [0.5, 0.6) is 0 Å². The number of amides is 1. The molecule has 1 aliphatic heterocycles. The van der Waals surface area contributed by atoms with E-state index in [1.165, 1.54) is 24.0 Å². The lowest BCUT2D eigenvalue weighted by Crippen LogP contribution is -2.31. The van der Waals surface area contributed by atoms with E-state index in [9.17, 15) is 4.79 Å². The summed E-state index contributed by atoms with van der Waals surface area (Å²) in [6.07, 6.45) is 8.63. The first-order valence-corrected chi connectivity index (χ1v) is 9.54. The van der Waals surface area contributed by atoms with Crippen LogP contribution in [0.4, 0.5) is 0 Å². The van der Waals surface area contributed by atoms with Crippen molar-refractivity contribution in [3.05, 3.63) is 65.1 Å². The Hall–Kier alpha value is -2.69. The minimum absolute atomic E-state index is 0.00377. The molecular weight excluding hydrogens is 324 g/mol. The molecule has 0 bridgehead atoms. The van der Waals surface area contributed by atoms with Crippen molar-refractivity contribution >= 4 is 11.6 Å². The molecule has 0 N–H and O–H groups in total. The molecule has 5 rings (SSSR count). The summed E-state index contributed by atoms with van der Waals surface area (Å²) in [4.78, 5) is 15.2. The van der Waals surface area contributed by atoms with Crippen molar-refractivity contribution in [2.24, 2.45) is 0 Å². The lowest BCUT2D eigenvalue weighted by atomic mass is 9.90. The maximum Gasteiger partial charge on any atom is 0.254 e. The minimum atomic E-state index is -0.00377. The van der Waals surface area contributed by atoms with E-state index in [0.29, 0.717) is 0 Å². The Balaban J connectivity index is 1.48. The number of fused-ring (bicyclic) bond motifs is 2. The molecular formula is C21H22N4O. The van der Waals surface area contributed by atoms with Crippen LogP contribution >= 0.6 is 0 Å². The molecule has 0 saturated carbocycles. The first-order chi connectivity index (χ1) is 12.8. The van der Waals surface area contributed by atoms with E-state index in [1.54, 1.807) is 0 Å². The van der Waals surface area contributed by atoms with Crippen LogP contribution in [0.15, 0.2) is 42.6 Å². The Labute approximate surface area is 152 Å². The Morgan fingerprint density at radius 3 is 2.81 bits per heavy atom. The smallest absolute Gasteiger partial charge is 0.254 e. The second-order valence-electron chi connectivity index (χ2n) is 7.33. The van der Waals surface area contributed by atoms with Gasteiger partial charge in [-0.25, -0.2) is 0 Å². The van der Waals surface area contributed by atoms with Crippen molar-refractivity contribution in [3.8, 4) is 0 Å². The Morgan fingerprint density at radius 1 is 1.00 bits per heavy atom. The number of carbonyl (C=O) groups excluding carboxylic acids is 1. The first-order valence-electron chi connectivity index (χ1n) is 9.54. The van der Waals surface area contributed by atoms with Crippen molar-refractivity contribution in [2.45, 2.75) is 44.6 Å². The monoisotopic (exact) mass is 346 g/mol. The van der Waals surface area contributed by atoms with Gasteiger partial charge in [0.15, 0.2) is 11.5 Å². The SMILES string of the molecule is O=C(c1ccc2c(c1)CCCC2)N1CCCC1c1nnc2ccccn12. The standard InChI is InChI=1S/C21H22N4O/c26-21(17-11-10-15-6-1-2-7-16(15)14-17)24-13-5-8-18(24)20-23-22-19-9-3-4-12-25(19)20/h3-4,9-12,14,18H,1-2,5-8,13H2. The van der Waals surface area contributed by atoms with E-state index in [1.807, 2.05) is 39.8 Å². The van der Waals surface area contributed by atoms with Crippen LogP contribution in [0.1, 0.15) is 59.0 Å². The Bertz CT molecular complexity index is 977. The third-order valence-corrected chi connectivity index (χ3v) is 5.75. The summed E-state index contributed by atoms with van der Waals surface area (Å²) in [5.74, 6) is 0.984. The van der Waals surface area contributed by atoms with Crippen molar-refractivity contribution in [1.82, 2.24) is 19.5 Å². The molecule has 3 aromatic rings. The summed E-state index contributed by atoms with van der Waals surface area (Å²) in [6, 6.07) is 12.2. The largest absolute Gasteiger partial charge is 0.328 e. The van der Waals surface area contributed by atoms with E-state index in [2.05, 4.69) is 22.3 Å². The van der Waals surface area contributed by atoms with Crippen LogP contribution in [0.25, 0.3) is 5.65 Å². The molecule has 5 nitrogen and oxygen atoms in total. The zero-order valence-corrected chi connectivity index (χ0v) is 14.8. The van der Waals surface area contributed by atoms with Gasteiger partial charge >= 0.3 is 0 Å². The molecule has 2 aromatic heterocycles. The first kappa shape index (κ1) is 15.6. The Morgan fingerprint density at radius 2 is 1.88 bits per heavy atom. The number of aryl methyl sites for hydroxylation is 2. The molecule has 1 aromatic carbocycles. The van der Waals surface area contributed by atoms with Gasteiger partial charge in [0.25, 0.3) is 5.91 Å². The van der Waals surface area contributed by atoms with Crippen LogP contribution in [0.2, 0.25) is 0 Å². The number of carbonyl (C=O) groups is 1. The summed E-state index contributed by atoms with van der Waals surface area (Å²) in [6.45, 7) is 0.780. The fourth-order valence-corrected chi connectivity index (χ4v) is 4.40. The van der Waals surface area contributed by atoms with Crippen LogP contribution < -0.4 is 0 Å². The maximum absolute atomic E-state index is 13.2. The Kier molecular flexibility index (Phi) is 3.73. The molecule has 1 saturated heterocycles. The van der Waals surface area contributed by atoms with E-state index in [4.69, 9.17) is 0 Å². The van der Waals surface area contributed by atoms with Crippen LogP contribution in [0, 0.1) is 0 Å². The highest BCUT2D eigenvalue weighted by Gasteiger charge is 2.34. The summed E-state index contributed by atoms with van der Waals surface area (Å²) < 4.78 is 2.00. The number of hydrogen-bond donors (Lipinski definition) is 0. The summed E-state index contributed by atoms with van der Waals surface area (Å²) in [5.41, 5.74) is 4.40. The number of pyridine rings is 1. The quantitative estimate of drug-likeness (QED) is 0.712. The fraction of sp³-hybridized carbons (Fsp3) is 0.381. The van der Waals surface area contributed by atoms with Crippen molar-refractivity contribution in [3.63, 3.8) is 0 Å². The van der Waals surface area contributed by atoms with Gasteiger partial charge < -0.3 is 4.90 Å². The lowest BCUT2D eigenvalue weighted by Gasteiger charge is -2.24. The molecule has 1 fully saturated rings. The maximum atomic E-state index is 13.2. The van der Waals surface area contributed by atoms with E-state index < -0.39 is 0 Å².